The summed E-state index contributed by atoms with van der Waals surface area (Å²) in [6.45, 7) is 10.2. The molecule has 1 aliphatic carbocycles. The van der Waals surface area contributed by atoms with Crippen LogP contribution in [-0.2, 0) is 11.2 Å². The Morgan fingerprint density at radius 2 is 2.05 bits per heavy atom. The Labute approximate surface area is 122 Å². The van der Waals surface area contributed by atoms with Crippen LogP contribution in [0.1, 0.15) is 58.2 Å². The highest BCUT2D eigenvalue weighted by atomic mass is 16.5. The lowest BCUT2D eigenvalue weighted by Crippen LogP contribution is -2.14. The molecule has 0 aromatic carbocycles. The van der Waals surface area contributed by atoms with Crippen molar-refractivity contribution in [3.05, 3.63) is 17.6 Å². The van der Waals surface area contributed by atoms with Crippen LogP contribution in [0.2, 0.25) is 0 Å². The van der Waals surface area contributed by atoms with E-state index in [4.69, 9.17) is 9.72 Å². The van der Waals surface area contributed by atoms with Crippen molar-refractivity contribution in [3.63, 3.8) is 0 Å². The van der Waals surface area contributed by atoms with Gasteiger partial charge < -0.3 is 10.1 Å². The summed E-state index contributed by atoms with van der Waals surface area (Å²) in [6, 6.07) is 2.07. The van der Waals surface area contributed by atoms with E-state index in [-0.39, 0.29) is 6.10 Å². The predicted molar refractivity (Wildman–Crippen MR) is 81.8 cm³/mol. The van der Waals surface area contributed by atoms with Crippen molar-refractivity contribution in [2.75, 3.05) is 18.5 Å². The zero-order chi connectivity index (χ0) is 14.5. The third kappa shape index (κ3) is 4.17. The molecule has 4 nitrogen and oxygen atoms in total. The number of hydrogen-bond donors (Lipinski definition) is 1. The highest BCUT2D eigenvalue weighted by Gasteiger charge is 2.35. The summed E-state index contributed by atoms with van der Waals surface area (Å²) in [4.78, 5) is 9.42. The van der Waals surface area contributed by atoms with Gasteiger partial charge in [0, 0.05) is 24.9 Å². The van der Waals surface area contributed by atoms with Gasteiger partial charge in [-0.2, -0.15) is 0 Å². The second kappa shape index (κ2) is 7.02. The summed E-state index contributed by atoms with van der Waals surface area (Å²) in [7, 11) is 0. The van der Waals surface area contributed by atoms with Crippen molar-refractivity contribution < 1.29 is 4.74 Å². The van der Waals surface area contributed by atoms with Crippen molar-refractivity contribution in [2.45, 2.75) is 53.1 Å². The van der Waals surface area contributed by atoms with E-state index < -0.39 is 0 Å². The second-order valence-corrected chi connectivity index (χ2v) is 5.94. The molecule has 1 N–H and O–H groups in total. The molecular formula is C16H27N3O. The average molecular weight is 277 g/mol. The Kier molecular flexibility index (Phi) is 5.35. The number of ether oxygens (including phenoxy) is 1. The van der Waals surface area contributed by atoms with Gasteiger partial charge in [-0.3, -0.25) is 0 Å². The van der Waals surface area contributed by atoms with E-state index in [2.05, 4.69) is 37.1 Å². The van der Waals surface area contributed by atoms with Crippen LogP contribution in [0.5, 0.6) is 0 Å². The zero-order valence-corrected chi connectivity index (χ0v) is 13.1. The molecule has 1 fully saturated rings. The number of aromatic nitrogens is 2. The molecule has 1 saturated carbocycles. The van der Waals surface area contributed by atoms with Crippen molar-refractivity contribution in [1.29, 1.82) is 0 Å². The normalized spacial score (nSPS) is 16.4. The Morgan fingerprint density at radius 3 is 2.60 bits per heavy atom. The molecule has 1 atom stereocenters. The van der Waals surface area contributed by atoms with Crippen molar-refractivity contribution >= 4 is 5.82 Å². The molecule has 0 radical (unpaired) electrons. The summed E-state index contributed by atoms with van der Waals surface area (Å²) < 4.78 is 5.89. The Hall–Kier alpha value is -1.16. The van der Waals surface area contributed by atoms with E-state index in [0.717, 1.165) is 36.9 Å². The molecular weight excluding hydrogens is 250 g/mol. The molecule has 1 aliphatic rings. The third-order valence-corrected chi connectivity index (χ3v) is 3.42. The quantitative estimate of drug-likeness (QED) is 0.788. The van der Waals surface area contributed by atoms with Crippen LogP contribution in [0.4, 0.5) is 5.82 Å². The topological polar surface area (TPSA) is 47.0 Å². The van der Waals surface area contributed by atoms with E-state index in [9.17, 15) is 0 Å². The second-order valence-electron chi connectivity index (χ2n) is 5.94. The summed E-state index contributed by atoms with van der Waals surface area (Å²) >= 11 is 0. The third-order valence-electron chi connectivity index (χ3n) is 3.42. The van der Waals surface area contributed by atoms with Crippen molar-refractivity contribution in [2.24, 2.45) is 11.8 Å². The zero-order valence-electron chi connectivity index (χ0n) is 13.1. The minimum Gasteiger partial charge on any atom is -0.370 e. The van der Waals surface area contributed by atoms with Gasteiger partial charge in [0.15, 0.2) is 5.82 Å². The fraction of sp³-hybridized carbons (Fsp3) is 0.750. The Morgan fingerprint density at radius 1 is 1.30 bits per heavy atom. The Balaban J connectivity index is 2.26. The lowest BCUT2D eigenvalue weighted by molar-refractivity contribution is 0.0399. The molecule has 0 amide bonds. The summed E-state index contributed by atoms with van der Waals surface area (Å²) in [5.74, 6) is 3.00. The van der Waals surface area contributed by atoms with Crippen molar-refractivity contribution in [1.82, 2.24) is 9.97 Å². The first-order chi connectivity index (χ1) is 9.63. The van der Waals surface area contributed by atoms with Crippen LogP contribution in [0.25, 0.3) is 0 Å². The largest absolute Gasteiger partial charge is 0.370 e. The first-order valence-electron chi connectivity index (χ1n) is 7.87. The summed E-state index contributed by atoms with van der Waals surface area (Å²) in [6.07, 6.45) is 3.53. The van der Waals surface area contributed by atoms with Crippen LogP contribution in [0.3, 0.4) is 0 Å². The maximum atomic E-state index is 5.89. The fourth-order valence-corrected chi connectivity index (χ4v) is 2.44. The van der Waals surface area contributed by atoms with Gasteiger partial charge in [-0.15, -0.1) is 0 Å². The fourth-order valence-electron chi connectivity index (χ4n) is 2.44. The van der Waals surface area contributed by atoms with E-state index in [0.29, 0.717) is 11.8 Å². The van der Waals surface area contributed by atoms with Gasteiger partial charge in [0.1, 0.15) is 11.9 Å². The van der Waals surface area contributed by atoms with E-state index in [1.807, 2.05) is 6.92 Å². The van der Waals surface area contributed by atoms with Gasteiger partial charge in [0.25, 0.3) is 0 Å². The molecule has 0 spiro atoms. The first kappa shape index (κ1) is 15.2. The monoisotopic (exact) mass is 277 g/mol. The standard InChI is InChI=1S/C16H27N3O/c1-5-17-14-10-13(9-11(3)4)18-16(19-14)15(20-6-2)12-7-8-12/h10-12,15H,5-9H2,1-4H3,(H,17,18,19). The predicted octanol–water partition coefficient (Wildman–Crippen LogP) is 3.59. The number of hydrogen-bond acceptors (Lipinski definition) is 4. The lowest BCUT2D eigenvalue weighted by atomic mass is 10.1. The summed E-state index contributed by atoms with van der Waals surface area (Å²) in [5.41, 5.74) is 1.12. The summed E-state index contributed by atoms with van der Waals surface area (Å²) in [5, 5.41) is 3.31. The molecule has 1 aromatic rings. The van der Waals surface area contributed by atoms with Crippen LogP contribution in [0.15, 0.2) is 6.07 Å². The highest BCUT2D eigenvalue weighted by Crippen LogP contribution is 2.42. The van der Waals surface area contributed by atoms with Crippen molar-refractivity contribution in [3.8, 4) is 0 Å². The molecule has 2 rings (SSSR count). The van der Waals surface area contributed by atoms with Gasteiger partial charge in [-0.1, -0.05) is 13.8 Å². The minimum atomic E-state index is 0.0736. The molecule has 20 heavy (non-hydrogen) atoms. The number of anilines is 1. The van der Waals surface area contributed by atoms with Crippen LogP contribution >= 0.6 is 0 Å². The van der Waals surface area contributed by atoms with Gasteiger partial charge in [-0.05, 0) is 44.9 Å². The molecule has 112 valence electrons. The van der Waals surface area contributed by atoms with Gasteiger partial charge in [0.2, 0.25) is 0 Å². The van der Waals surface area contributed by atoms with E-state index in [1.165, 1.54) is 12.8 Å². The maximum Gasteiger partial charge on any atom is 0.160 e. The number of nitrogens with zero attached hydrogens (tertiary/aromatic N) is 2. The molecule has 0 aliphatic heterocycles. The average Bonchev–Trinajstić information content (AvgIpc) is 3.19. The maximum absolute atomic E-state index is 5.89. The number of rotatable bonds is 8. The van der Waals surface area contributed by atoms with Gasteiger partial charge >= 0.3 is 0 Å². The molecule has 1 aromatic heterocycles. The van der Waals surface area contributed by atoms with E-state index >= 15 is 0 Å². The minimum absolute atomic E-state index is 0.0736. The molecule has 1 unspecified atom stereocenters. The van der Waals surface area contributed by atoms with Gasteiger partial charge in [0.05, 0.1) is 0 Å². The Bertz CT molecular complexity index is 430. The van der Waals surface area contributed by atoms with Crippen LogP contribution in [0, 0.1) is 11.8 Å². The van der Waals surface area contributed by atoms with Gasteiger partial charge in [-0.25, -0.2) is 9.97 Å². The SMILES string of the molecule is CCNc1cc(CC(C)C)nc(C(OCC)C2CC2)n1. The van der Waals surface area contributed by atoms with Crippen LogP contribution < -0.4 is 5.32 Å². The van der Waals surface area contributed by atoms with Crippen LogP contribution in [-0.4, -0.2) is 23.1 Å². The highest BCUT2D eigenvalue weighted by molar-refractivity contribution is 5.36. The molecule has 0 bridgehead atoms. The smallest absolute Gasteiger partial charge is 0.160 e. The number of nitrogens with one attached hydrogen (secondary N) is 1. The van der Waals surface area contributed by atoms with E-state index in [1.54, 1.807) is 0 Å². The molecule has 1 heterocycles. The molecule has 4 heteroatoms. The first-order valence-corrected chi connectivity index (χ1v) is 7.87. The lowest BCUT2D eigenvalue weighted by Gasteiger charge is -2.17. The molecule has 0 saturated heterocycles.